The van der Waals surface area contributed by atoms with Gasteiger partial charge in [0.25, 0.3) is 0 Å². The molecular weight excluding hydrogens is 272 g/mol. The Morgan fingerprint density at radius 1 is 0.682 bits per heavy atom. The zero-order valence-electron chi connectivity index (χ0n) is 12.1. The molecule has 0 bridgehead atoms. The molecule has 3 aromatic rings. The van der Waals surface area contributed by atoms with E-state index < -0.39 is 0 Å². The van der Waals surface area contributed by atoms with E-state index in [1.807, 2.05) is 54.6 Å². The van der Waals surface area contributed by atoms with Crippen LogP contribution in [0.15, 0.2) is 72.8 Å². The van der Waals surface area contributed by atoms with Gasteiger partial charge in [-0.25, -0.2) is 0 Å². The summed E-state index contributed by atoms with van der Waals surface area (Å²) in [5, 5.41) is 10.3. The molecule has 3 aromatic carbocycles. The van der Waals surface area contributed by atoms with Crippen molar-refractivity contribution in [2.24, 2.45) is 0 Å². The van der Waals surface area contributed by atoms with Gasteiger partial charge in [-0.1, -0.05) is 48.5 Å². The first-order valence-electron chi connectivity index (χ1n) is 7.14. The molecule has 5 N–H and O–H groups in total. The molecule has 3 heteroatoms. The van der Waals surface area contributed by atoms with Crippen LogP contribution in [0.3, 0.4) is 0 Å². The van der Waals surface area contributed by atoms with E-state index in [1.165, 1.54) is 0 Å². The molecule has 3 rings (SSSR count). The third-order valence-electron chi connectivity index (χ3n) is 3.77. The Morgan fingerprint density at radius 3 is 1.91 bits per heavy atom. The highest BCUT2D eigenvalue weighted by Gasteiger charge is 2.19. The lowest BCUT2D eigenvalue weighted by atomic mass is 9.84. The second kappa shape index (κ2) is 5.82. The Bertz CT molecular complexity index is 767. The van der Waals surface area contributed by atoms with Gasteiger partial charge in [0.1, 0.15) is 5.75 Å². The van der Waals surface area contributed by atoms with Crippen molar-refractivity contribution in [1.29, 1.82) is 0 Å². The summed E-state index contributed by atoms with van der Waals surface area (Å²) in [4.78, 5) is 0. The van der Waals surface area contributed by atoms with E-state index in [-0.39, 0.29) is 11.7 Å². The van der Waals surface area contributed by atoms with Crippen molar-refractivity contribution in [3.8, 4) is 5.75 Å². The van der Waals surface area contributed by atoms with Crippen molar-refractivity contribution in [2.75, 3.05) is 11.5 Å². The van der Waals surface area contributed by atoms with Crippen molar-refractivity contribution in [1.82, 2.24) is 0 Å². The zero-order chi connectivity index (χ0) is 15.5. The second-order valence-electron chi connectivity index (χ2n) is 5.33. The smallest absolute Gasteiger partial charge is 0.121 e. The summed E-state index contributed by atoms with van der Waals surface area (Å²) in [7, 11) is 0. The molecule has 0 fully saturated rings. The number of hydrogen-bond donors (Lipinski definition) is 3. The number of nitrogen functional groups attached to an aromatic ring is 2. The topological polar surface area (TPSA) is 72.3 Å². The Kier molecular flexibility index (Phi) is 3.71. The molecule has 0 aliphatic rings. The summed E-state index contributed by atoms with van der Waals surface area (Å²) in [6, 6.07) is 23.1. The highest BCUT2D eigenvalue weighted by atomic mass is 16.3. The fourth-order valence-electron chi connectivity index (χ4n) is 2.69. The quantitative estimate of drug-likeness (QED) is 0.508. The lowest BCUT2D eigenvalue weighted by molar-refractivity contribution is 0.467. The maximum Gasteiger partial charge on any atom is 0.121 e. The van der Waals surface area contributed by atoms with Crippen LogP contribution in [0.5, 0.6) is 5.75 Å². The van der Waals surface area contributed by atoms with Gasteiger partial charge >= 0.3 is 0 Å². The maximum absolute atomic E-state index is 10.3. The number of aromatic hydroxyl groups is 1. The molecule has 0 saturated carbocycles. The van der Waals surface area contributed by atoms with Crippen LogP contribution in [0.1, 0.15) is 22.6 Å². The first kappa shape index (κ1) is 14.0. The van der Waals surface area contributed by atoms with Crippen LogP contribution in [0.25, 0.3) is 0 Å². The number of phenolic OH excluding ortho intramolecular Hbond substituents is 1. The molecule has 1 atom stereocenters. The van der Waals surface area contributed by atoms with Crippen molar-refractivity contribution in [3.05, 3.63) is 89.5 Å². The van der Waals surface area contributed by atoms with E-state index in [1.54, 1.807) is 6.07 Å². The molecule has 0 aromatic heterocycles. The maximum atomic E-state index is 10.3. The first-order valence-corrected chi connectivity index (χ1v) is 7.14. The van der Waals surface area contributed by atoms with Gasteiger partial charge in [0.2, 0.25) is 0 Å². The molecule has 0 spiro atoms. The van der Waals surface area contributed by atoms with Crippen LogP contribution in [-0.2, 0) is 0 Å². The molecule has 0 amide bonds. The normalized spacial score (nSPS) is 12.0. The fourth-order valence-corrected chi connectivity index (χ4v) is 2.69. The highest BCUT2D eigenvalue weighted by Crippen LogP contribution is 2.37. The Balaban J connectivity index is 2.17. The number of nitrogens with two attached hydrogens (primary N) is 2. The third kappa shape index (κ3) is 2.74. The highest BCUT2D eigenvalue weighted by molar-refractivity contribution is 5.55. The molecule has 110 valence electrons. The van der Waals surface area contributed by atoms with Gasteiger partial charge in [0.15, 0.2) is 0 Å². The minimum atomic E-state index is -0.0672. The minimum Gasteiger partial charge on any atom is -0.508 e. The van der Waals surface area contributed by atoms with Gasteiger partial charge in [0, 0.05) is 28.9 Å². The van der Waals surface area contributed by atoms with Crippen molar-refractivity contribution < 1.29 is 5.11 Å². The van der Waals surface area contributed by atoms with Crippen LogP contribution in [0, 0.1) is 0 Å². The molecule has 22 heavy (non-hydrogen) atoms. The first-order chi connectivity index (χ1) is 10.6. The standard InChI is InChI=1S/C19H18N2O/c20-15-8-6-14(7-9-15)19(13-4-2-1-3-5-13)17-11-10-16(21)12-18(17)22/h1-12,19,22H,20-21H2. The molecule has 3 nitrogen and oxygen atoms in total. The molecule has 1 unspecified atom stereocenters. The predicted octanol–water partition coefficient (Wildman–Crippen LogP) is 3.74. The average Bonchev–Trinajstić information content (AvgIpc) is 2.52. The summed E-state index contributed by atoms with van der Waals surface area (Å²) < 4.78 is 0. The lowest BCUT2D eigenvalue weighted by Crippen LogP contribution is -2.04. The van der Waals surface area contributed by atoms with E-state index in [4.69, 9.17) is 11.5 Å². The number of anilines is 2. The number of hydrogen-bond acceptors (Lipinski definition) is 3. The lowest BCUT2D eigenvalue weighted by Gasteiger charge is -2.20. The predicted molar refractivity (Wildman–Crippen MR) is 90.8 cm³/mol. The van der Waals surface area contributed by atoms with Crippen LogP contribution in [0.2, 0.25) is 0 Å². The number of benzene rings is 3. The Hall–Kier alpha value is -2.94. The zero-order valence-corrected chi connectivity index (χ0v) is 12.1. The SMILES string of the molecule is Nc1ccc(C(c2ccccc2)c2ccc(N)cc2O)cc1. The van der Waals surface area contributed by atoms with Gasteiger partial charge in [-0.2, -0.15) is 0 Å². The second-order valence-corrected chi connectivity index (χ2v) is 5.33. The van der Waals surface area contributed by atoms with Gasteiger partial charge in [-0.15, -0.1) is 0 Å². The Labute approximate surface area is 129 Å². The van der Waals surface area contributed by atoms with Crippen LogP contribution < -0.4 is 11.5 Å². The number of phenols is 1. The van der Waals surface area contributed by atoms with Gasteiger partial charge < -0.3 is 16.6 Å². The van der Waals surface area contributed by atoms with Crippen molar-refractivity contribution in [3.63, 3.8) is 0 Å². The molecule has 0 heterocycles. The summed E-state index contributed by atoms with van der Waals surface area (Å²) >= 11 is 0. The van der Waals surface area contributed by atoms with E-state index in [9.17, 15) is 5.11 Å². The summed E-state index contributed by atoms with van der Waals surface area (Å²) in [5.74, 6) is 0.132. The van der Waals surface area contributed by atoms with Crippen molar-refractivity contribution >= 4 is 11.4 Å². The fraction of sp³-hybridized carbons (Fsp3) is 0.0526. The van der Waals surface area contributed by atoms with Crippen LogP contribution in [-0.4, -0.2) is 5.11 Å². The minimum absolute atomic E-state index is 0.0672. The van der Waals surface area contributed by atoms with Crippen LogP contribution >= 0.6 is 0 Å². The van der Waals surface area contributed by atoms with Gasteiger partial charge in [-0.05, 0) is 29.3 Å². The van der Waals surface area contributed by atoms with E-state index in [0.29, 0.717) is 5.69 Å². The molecule has 0 saturated heterocycles. The van der Waals surface area contributed by atoms with Crippen molar-refractivity contribution in [2.45, 2.75) is 5.92 Å². The molecule has 0 radical (unpaired) electrons. The summed E-state index contributed by atoms with van der Waals surface area (Å²) in [6.45, 7) is 0. The van der Waals surface area contributed by atoms with Gasteiger partial charge in [-0.3, -0.25) is 0 Å². The summed E-state index contributed by atoms with van der Waals surface area (Å²) in [5.41, 5.74) is 15.8. The van der Waals surface area contributed by atoms with E-state index in [2.05, 4.69) is 12.1 Å². The summed E-state index contributed by atoms with van der Waals surface area (Å²) in [6.07, 6.45) is 0. The van der Waals surface area contributed by atoms with Gasteiger partial charge in [0.05, 0.1) is 0 Å². The van der Waals surface area contributed by atoms with E-state index >= 15 is 0 Å². The molecule has 0 aliphatic carbocycles. The molecule has 0 aliphatic heterocycles. The monoisotopic (exact) mass is 290 g/mol. The number of rotatable bonds is 3. The largest absolute Gasteiger partial charge is 0.508 e. The average molecular weight is 290 g/mol. The molecular formula is C19H18N2O. The third-order valence-corrected chi connectivity index (χ3v) is 3.77. The van der Waals surface area contributed by atoms with Crippen LogP contribution in [0.4, 0.5) is 11.4 Å². The Morgan fingerprint density at radius 2 is 1.27 bits per heavy atom. The van der Waals surface area contributed by atoms with E-state index in [0.717, 1.165) is 22.4 Å².